The minimum Gasteiger partial charge on any atom is -0.508 e. The molecule has 5 nitrogen and oxygen atoms in total. The van der Waals surface area contributed by atoms with Gasteiger partial charge in [-0.2, -0.15) is 0 Å². The highest BCUT2D eigenvalue weighted by molar-refractivity contribution is 5.72. The van der Waals surface area contributed by atoms with Crippen molar-refractivity contribution in [3.8, 4) is 11.5 Å². The number of rotatable bonds is 5. The molecule has 1 aliphatic heterocycles. The minimum atomic E-state index is -0.255. The molecule has 26 heavy (non-hydrogen) atoms. The van der Waals surface area contributed by atoms with Crippen LogP contribution in [-0.2, 0) is 13.2 Å². The molecule has 1 saturated heterocycles. The quantitative estimate of drug-likeness (QED) is 0.767. The van der Waals surface area contributed by atoms with Gasteiger partial charge in [0.05, 0.1) is 12.3 Å². The summed E-state index contributed by atoms with van der Waals surface area (Å²) in [5.41, 5.74) is 3.40. The number of aliphatic hydroxyl groups excluding tert-OH is 1. The molecule has 5 heteroatoms. The number of aromatic hydroxyl groups is 2. The zero-order chi connectivity index (χ0) is 18.5. The van der Waals surface area contributed by atoms with Gasteiger partial charge < -0.3 is 15.3 Å². The number of aromatic nitrogens is 1. The van der Waals surface area contributed by atoms with Crippen LogP contribution in [0.1, 0.15) is 47.2 Å². The number of hydrogen-bond donors (Lipinski definition) is 3. The molecular formula is C21H26N2O3. The molecule has 0 spiro atoms. The van der Waals surface area contributed by atoms with Crippen molar-refractivity contribution in [3.63, 3.8) is 0 Å². The lowest BCUT2D eigenvalue weighted by Crippen LogP contribution is -2.29. The molecule has 138 valence electrons. The van der Waals surface area contributed by atoms with Crippen molar-refractivity contribution in [2.75, 3.05) is 13.1 Å². The standard InChI is InChI=1S/C21H26N2O3/c1-15-21(26)19(14-24)17(12-22-15)7-5-16-6-8-18(20(25)11-16)13-23-9-3-2-4-10-23/h5-8,11-12,24-26H,2-4,9-10,13-14H2,1H3/b7-5+. The van der Waals surface area contributed by atoms with Crippen molar-refractivity contribution in [1.82, 2.24) is 9.88 Å². The van der Waals surface area contributed by atoms with Crippen LogP contribution in [0.3, 0.4) is 0 Å². The van der Waals surface area contributed by atoms with Gasteiger partial charge in [0, 0.05) is 29.4 Å². The average Bonchev–Trinajstić information content (AvgIpc) is 2.65. The van der Waals surface area contributed by atoms with E-state index in [1.165, 1.54) is 19.3 Å². The van der Waals surface area contributed by atoms with Gasteiger partial charge >= 0.3 is 0 Å². The summed E-state index contributed by atoms with van der Waals surface area (Å²) in [6, 6.07) is 5.67. The van der Waals surface area contributed by atoms with Crippen LogP contribution in [0.2, 0.25) is 0 Å². The maximum absolute atomic E-state index is 10.3. The van der Waals surface area contributed by atoms with E-state index in [0.29, 0.717) is 22.6 Å². The first kappa shape index (κ1) is 18.4. The number of hydrogen-bond acceptors (Lipinski definition) is 5. The predicted molar refractivity (Wildman–Crippen MR) is 103 cm³/mol. The predicted octanol–water partition coefficient (Wildman–Crippen LogP) is 3.45. The van der Waals surface area contributed by atoms with E-state index in [4.69, 9.17) is 0 Å². The Balaban J connectivity index is 1.75. The van der Waals surface area contributed by atoms with Gasteiger partial charge in [0.2, 0.25) is 0 Å². The number of pyridine rings is 1. The fraction of sp³-hybridized carbons (Fsp3) is 0.381. The SMILES string of the molecule is Cc1ncc(/C=C/c2ccc(CN3CCCCC3)c(O)c2)c(CO)c1O. The molecule has 0 unspecified atom stereocenters. The number of phenols is 1. The highest BCUT2D eigenvalue weighted by Gasteiger charge is 2.13. The number of phenolic OH excluding ortho intramolecular Hbond substituents is 1. The monoisotopic (exact) mass is 354 g/mol. The molecular weight excluding hydrogens is 328 g/mol. The van der Waals surface area contributed by atoms with E-state index in [-0.39, 0.29) is 12.4 Å². The first-order chi connectivity index (χ1) is 12.6. The second-order valence-corrected chi connectivity index (χ2v) is 6.84. The Labute approximate surface area is 154 Å². The lowest BCUT2D eigenvalue weighted by Gasteiger charge is -2.26. The Morgan fingerprint density at radius 2 is 1.88 bits per heavy atom. The summed E-state index contributed by atoms with van der Waals surface area (Å²) in [7, 11) is 0. The molecule has 1 aromatic heterocycles. The highest BCUT2D eigenvalue weighted by Crippen LogP contribution is 2.26. The second kappa shape index (κ2) is 8.34. The lowest BCUT2D eigenvalue weighted by atomic mass is 10.0. The molecule has 0 bridgehead atoms. The summed E-state index contributed by atoms with van der Waals surface area (Å²) in [6.07, 6.45) is 9.01. The van der Waals surface area contributed by atoms with Crippen LogP contribution in [0.15, 0.2) is 24.4 Å². The van der Waals surface area contributed by atoms with Crippen molar-refractivity contribution in [2.24, 2.45) is 0 Å². The van der Waals surface area contributed by atoms with Crippen LogP contribution in [0.5, 0.6) is 11.5 Å². The van der Waals surface area contributed by atoms with Gasteiger partial charge in [-0.1, -0.05) is 30.7 Å². The third-order valence-electron chi connectivity index (χ3n) is 4.94. The summed E-state index contributed by atoms with van der Waals surface area (Å²) in [6.45, 7) is 4.40. The van der Waals surface area contributed by atoms with Gasteiger partial charge in [-0.3, -0.25) is 9.88 Å². The number of aliphatic hydroxyl groups is 1. The van der Waals surface area contributed by atoms with E-state index in [0.717, 1.165) is 30.8 Å². The third kappa shape index (κ3) is 4.23. The summed E-state index contributed by atoms with van der Waals surface area (Å²) < 4.78 is 0. The zero-order valence-electron chi connectivity index (χ0n) is 15.1. The van der Waals surface area contributed by atoms with Gasteiger partial charge in [0.1, 0.15) is 11.5 Å². The smallest absolute Gasteiger partial charge is 0.142 e. The fourth-order valence-corrected chi connectivity index (χ4v) is 3.33. The summed E-state index contributed by atoms with van der Waals surface area (Å²) >= 11 is 0. The Bertz CT molecular complexity index is 796. The van der Waals surface area contributed by atoms with Gasteiger partial charge in [0.25, 0.3) is 0 Å². The Hall–Kier alpha value is -2.37. The van der Waals surface area contributed by atoms with Crippen LogP contribution in [0.25, 0.3) is 12.2 Å². The number of benzene rings is 1. The molecule has 0 atom stereocenters. The maximum atomic E-state index is 10.3. The van der Waals surface area contributed by atoms with Crippen LogP contribution < -0.4 is 0 Å². The van der Waals surface area contributed by atoms with Crippen LogP contribution >= 0.6 is 0 Å². The zero-order valence-corrected chi connectivity index (χ0v) is 15.1. The molecule has 2 aromatic rings. The molecule has 0 amide bonds. The normalized spacial score (nSPS) is 15.6. The molecule has 3 N–H and O–H groups in total. The lowest BCUT2D eigenvalue weighted by molar-refractivity contribution is 0.218. The van der Waals surface area contributed by atoms with Gasteiger partial charge in [0.15, 0.2) is 0 Å². The Morgan fingerprint density at radius 1 is 1.12 bits per heavy atom. The van der Waals surface area contributed by atoms with Crippen LogP contribution in [-0.4, -0.2) is 38.3 Å². The van der Waals surface area contributed by atoms with E-state index in [1.807, 2.05) is 18.2 Å². The molecule has 3 rings (SSSR count). The van der Waals surface area contributed by atoms with Crippen molar-refractivity contribution in [2.45, 2.75) is 39.3 Å². The molecule has 2 heterocycles. The molecule has 0 radical (unpaired) electrons. The van der Waals surface area contributed by atoms with E-state index >= 15 is 0 Å². The summed E-state index contributed by atoms with van der Waals surface area (Å²) in [4.78, 5) is 6.51. The van der Waals surface area contributed by atoms with E-state index < -0.39 is 0 Å². The molecule has 0 aliphatic carbocycles. The van der Waals surface area contributed by atoms with Crippen molar-refractivity contribution in [3.05, 3.63) is 52.3 Å². The molecule has 1 aliphatic rings. The van der Waals surface area contributed by atoms with Gasteiger partial charge in [-0.05, 0) is 44.5 Å². The minimum absolute atomic E-state index is 0.0226. The van der Waals surface area contributed by atoms with E-state index in [9.17, 15) is 15.3 Å². The largest absolute Gasteiger partial charge is 0.508 e. The van der Waals surface area contributed by atoms with Gasteiger partial charge in [-0.25, -0.2) is 0 Å². The molecule has 1 fully saturated rings. The topological polar surface area (TPSA) is 76.8 Å². The highest BCUT2D eigenvalue weighted by atomic mass is 16.3. The Kier molecular flexibility index (Phi) is 5.91. The third-order valence-corrected chi connectivity index (χ3v) is 4.94. The number of nitrogens with zero attached hydrogens (tertiary/aromatic N) is 2. The van der Waals surface area contributed by atoms with E-state index in [1.54, 1.807) is 25.3 Å². The van der Waals surface area contributed by atoms with Crippen LogP contribution in [0.4, 0.5) is 0 Å². The average molecular weight is 354 g/mol. The number of aryl methyl sites for hydroxylation is 1. The summed E-state index contributed by atoms with van der Waals surface area (Å²) in [5, 5.41) is 29.8. The number of piperidine rings is 1. The molecule has 0 saturated carbocycles. The fourth-order valence-electron chi connectivity index (χ4n) is 3.33. The second-order valence-electron chi connectivity index (χ2n) is 6.84. The van der Waals surface area contributed by atoms with E-state index in [2.05, 4.69) is 9.88 Å². The van der Waals surface area contributed by atoms with Crippen molar-refractivity contribution >= 4 is 12.2 Å². The van der Waals surface area contributed by atoms with Crippen LogP contribution in [0, 0.1) is 6.92 Å². The maximum Gasteiger partial charge on any atom is 0.142 e. The molecule has 1 aromatic carbocycles. The van der Waals surface area contributed by atoms with Crippen molar-refractivity contribution < 1.29 is 15.3 Å². The first-order valence-electron chi connectivity index (χ1n) is 9.09. The Morgan fingerprint density at radius 3 is 2.58 bits per heavy atom. The summed E-state index contributed by atoms with van der Waals surface area (Å²) in [5.74, 6) is 0.319. The number of likely N-dealkylation sites (tertiary alicyclic amines) is 1. The first-order valence-corrected chi connectivity index (χ1v) is 9.09. The van der Waals surface area contributed by atoms with Crippen molar-refractivity contribution in [1.29, 1.82) is 0 Å². The van der Waals surface area contributed by atoms with Gasteiger partial charge in [-0.15, -0.1) is 0 Å².